The summed E-state index contributed by atoms with van der Waals surface area (Å²) in [5.41, 5.74) is 4.42. The smallest absolute Gasteiger partial charge is 0.357 e. The summed E-state index contributed by atoms with van der Waals surface area (Å²) in [5, 5.41) is 13.4. The minimum Gasteiger partial charge on any atom is -0.461 e. The van der Waals surface area contributed by atoms with E-state index in [0.29, 0.717) is 5.69 Å². The van der Waals surface area contributed by atoms with E-state index in [1.807, 2.05) is 17.5 Å². The van der Waals surface area contributed by atoms with Gasteiger partial charge in [0, 0.05) is 16.6 Å². The molecule has 3 aromatic rings. The molecule has 2 heterocycles. The number of hydrogen-bond acceptors (Lipinski definition) is 6. The number of nitriles is 1. The van der Waals surface area contributed by atoms with Crippen molar-refractivity contribution in [2.24, 2.45) is 0 Å². The van der Waals surface area contributed by atoms with Crippen LogP contribution in [0.1, 0.15) is 23.8 Å². The number of esters is 1. The van der Waals surface area contributed by atoms with Crippen molar-refractivity contribution in [2.45, 2.75) is 13.3 Å². The standard InChI is InChI=1S/C19H15ClN4O3S/c1-2-27-19(26)18-14(23-17(25)7-8-21)9-16(20)24(18)13-5-3-12(4-6-13)15-10-28-11-22-15/h3-6,9-11H,2,7H2,1H3,(H,23,25). The molecule has 0 radical (unpaired) electrons. The number of benzene rings is 1. The molecule has 0 aliphatic rings. The van der Waals surface area contributed by atoms with Crippen LogP contribution in [0.4, 0.5) is 5.69 Å². The maximum atomic E-state index is 12.5. The summed E-state index contributed by atoms with van der Waals surface area (Å²) in [4.78, 5) is 28.6. The van der Waals surface area contributed by atoms with Gasteiger partial charge in [-0.15, -0.1) is 11.3 Å². The van der Waals surface area contributed by atoms with Crippen molar-refractivity contribution in [1.82, 2.24) is 9.55 Å². The number of nitrogens with one attached hydrogen (secondary N) is 1. The summed E-state index contributed by atoms with van der Waals surface area (Å²) in [5.74, 6) is -1.18. The van der Waals surface area contributed by atoms with Crippen molar-refractivity contribution in [3.05, 3.63) is 52.1 Å². The van der Waals surface area contributed by atoms with Gasteiger partial charge in [-0.25, -0.2) is 9.78 Å². The van der Waals surface area contributed by atoms with Gasteiger partial charge in [0.2, 0.25) is 5.91 Å². The second-order valence-corrected chi connectivity index (χ2v) is 6.69. The van der Waals surface area contributed by atoms with Crippen LogP contribution >= 0.6 is 22.9 Å². The zero-order chi connectivity index (χ0) is 20.1. The Balaban J connectivity index is 2.04. The molecule has 0 unspecified atom stereocenters. The normalized spacial score (nSPS) is 10.3. The minimum atomic E-state index is -0.634. The number of rotatable bonds is 6. The molecule has 28 heavy (non-hydrogen) atoms. The molecule has 142 valence electrons. The Labute approximate surface area is 170 Å². The van der Waals surface area contributed by atoms with Crippen LogP contribution in [0.15, 0.2) is 41.2 Å². The van der Waals surface area contributed by atoms with Gasteiger partial charge in [0.1, 0.15) is 11.6 Å². The molecule has 0 saturated heterocycles. The Morgan fingerprint density at radius 2 is 2.11 bits per heavy atom. The molecule has 1 N–H and O–H groups in total. The maximum absolute atomic E-state index is 12.5. The highest BCUT2D eigenvalue weighted by atomic mass is 35.5. The lowest BCUT2D eigenvalue weighted by molar-refractivity contribution is -0.115. The average Bonchev–Trinajstić information content (AvgIpc) is 3.30. The number of hydrogen-bond donors (Lipinski definition) is 1. The summed E-state index contributed by atoms with van der Waals surface area (Å²) in [6.45, 7) is 1.85. The van der Waals surface area contributed by atoms with Crippen LogP contribution in [-0.2, 0) is 9.53 Å². The van der Waals surface area contributed by atoms with E-state index in [2.05, 4.69) is 10.3 Å². The van der Waals surface area contributed by atoms with Crippen molar-refractivity contribution in [3.63, 3.8) is 0 Å². The second kappa shape index (κ2) is 8.69. The topological polar surface area (TPSA) is 97.0 Å². The Hall–Kier alpha value is -3.15. The first kappa shape index (κ1) is 19.6. The summed E-state index contributed by atoms with van der Waals surface area (Å²) in [7, 11) is 0. The minimum absolute atomic E-state index is 0.0829. The van der Waals surface area contributed by atoms with Crippen LogP contribution in [-0.4, -0.2) is 28.0 Å². The molecular weight excluding hydrogens is 400 g/mol. The van der Waals surface area contributed by atoms with Gasteiger partial charge in [-0.05, 0) is 25.1 Å². The summed E-state index contributed by atoms with van der Waals surface area (Å²) in [6.07, 6.45) is -0.340. The van der Waals surface area contributed by atoms with Gasteiger partial charge in [0.15, 0.2) is 5.69 Å². The van der Waals surface area contributed by atoms with Gasteiger partial charge in [0.25, 0.3) is 0 Å². The number of carbonyl (C=O) groups is 2. The molecule has 0 aliphatic carbocycles. The van der Waals surface area contributed by atoms with Gasteiger partial charge < -0.3 is 10.1 Å². The number of anilines is 1. The second-order valence-electron chi connectivity index (χ2n) is 5.59. The predicted molar refractivity (Wildman–Crippen MR) is 107 cm³/mol. The molecule has 0 spiro atoms. The van der Waals surface area contributed by atoms with Crippen molar-refractivity contribution >= 4 is 40.5 Å². The molecule has 0 atom stereocenters. The molecular formula is C19H15ClN4O3S. The third kappa shape index (κ3) is 4.06. The number of aromatic nitrogens is 2. The number of carbonyl (C=O) groups excluding carboxylic acids is 2. The molecule has 0 aliphatic heterocycles. The molecule has 1 amide bonds. The monoisotopic (exact) mass is 414 g/mol. The molecule has 3 rings (SSSR count). The van der Waals surface area contributed by atoms with Crippen LogP contribution in [0.3, 0.4) is 0 Å². The first-order chi connectivity index (χ1) is 13.5. The highest BCUT2D eigenvalue weighted by Crippen LogP contribution is 2.31. The summed E-state index contributed by atoms with van der Waals surface area (Å²) >= 11 is 7.86. The highest BCUT2D eigenvalue weighted by Gasteiger charge is 2.24. The molecule has 1 aromatic carbocycles. The predicted octanol–water partition coefficient (Wildman–Crippen LogP) is 4.28. The van der Waals surface area contributed by atoms with E-state index in [4.69, 9.17) is 21.6 Å². The summed E-state index contributed by atoms with van der Waals surface area (Å²) < 4.78 is 6.62. The lowest BCUT2D eigenvalue weighted by Crippen LogP contribution is -2.17. The Kier molecular flexibility index (Phi) is 6.09. The van der Waals surface area contributed by atoms with Crippen LogP contribution in [0.5, 0.6) is 0 Å². The van der Waals surface area contributed by atoms with E-state index >= 15 is 0 Å². The van der Waals surface area contributed by atoms with Gasteiger partial charge in [-0.3, -0.25) is 9.36 Å². The fraction of sp³-hybridized carbons (Fsp3) is 0.158. The van der Waals surface area contributed by atoms with Crippen LogP contribution < -0.4 is 5.32 Å². The molecule has 0 bridgehead atoms. The zero-order valence-electron chi connectivity index (χ0n) is 14.8. The molecule has 0 saturated carbocycles. The third-order valence-corrected chi connectivity index (χ3v) is 4.66. The van der Waals surface area contributed by atoms with Crippen molar-refractivity contribution in [1.29, 1.82) is 5.26 Å². The summed E-state index contributed by atoms with van der Waals surface area (Å²) in [6, 6.07) is 10.5. The van der Waals surface area contributed by atoms with Gasteiger partial charge in [0.05, 0.1) is 29.6 Å². The van der Waals surface area contributed by atoms with E-state index in [1.54, 1.807) is 30.6 Å². The van der Waals surface area contributed by atoms with E-state index in [1.165, 1.54) is 22.0 Å². The van der Waals surface area contributed by atoms with Gasteiger partial charge in [-0.2, -0.15) is 5.26 Å². The molecule has 0 fully saturated rings. The fourth-order valence-electron chi connectivity index (χ4n) is 2.63. The van der Waals surface area contributed by atoms with Crippen molar-refractivity contribution in [2.75, 3.05) is 11.9 Å². The SMILES string of the molecule is CCOC(=O)c1c(NC(=O)CC#N)cc(Cl)n1-c1ccc(-c2cscn2)cc1. The van der Waals surface area contributed by atoms with Crippen LogP contribution in [0, 0.1) is 11.3 Å². The number of ether oxygens (including phenoxy) is 1. The molecule has 7 nitrogen and oxygen atoms in total. The van der Waals surface area contributed by atoms with Crippen molar-refractivity contribution in [3.8, 4) is 23.0 Å². The van der Waals surface area contributed by atoms with Crippen LogP contribution in [0.25, 0.3) is 16.9 Å². The number of amides is 1. The Bertz CT molecular complexity index is 1040. The lowest BCUT2D eigenvalue weighted by atomic mass is 10.1. The van der Waals surface area contributed by atoms with Crippen molar-refractivity contribution < 1.29 is 14.3 Å². The fourth-order valence-corrected chi connectivity index (χ4v) is 3.48. The lowest BCUT2D eigenvalue weighted by Gasteiger charge is -2.12. The number of thiazole rings is 1. The van der Waals surface area contributed by atoms with E-state index in [0.717, 1.165) is 11.3 Å². The zero-order valence-corrected chi connectivity index (χ0v) is 16.4. The highest BCUT2D eigenvalue weighted by molar-refractivity contribution is 7.07. The van der Waals surface area contributed by atoms with E-state index < -0.39 is 11.9 Å². The molecule has 2 aromatic heterocycles. The van der Waals surface area contributed by atoms with E-state index in [-0.39, 0.29) is 29.6 Å². The number of nitrogens with zero attached hydrogens (tertiary/aromatic N) is 3. The Morgan fingerprint density at radius 3 is 2.71 bits per heavy atom. The largest absolute Gasteiger partial charge is 0.461 e. The first-order valence-electron chi connectivity index (χ1n) is 8.29. The quantitative estimate of drug-likeness (QED) is 0.607. The van der Waals surface area contributed by atoms with Gasteiger partial charge in [-0.1, -0.05) is 23.7 Å². The van der Waals surface area contributed by atoms with Gasteiger partial charge >= 0.3 is 5.97 Å². The number of halogens is 1. The average molecular weight is 415 g/mol. The maximum Gasteiger partial charge on any atom is 0.357 e. The first-order valence-corrected chi connectivity index (χ1v) is 9.61. The molecule has 9 heteroatoms. The van der Waals surface area contributed by atoms with Crippen LogP contribution in [0.2, 0.25) is 5.15 Å². The van der Waals surface area contributed by atoms with E-state index in [9.17, 15) is 9.59 Å². The third-order valence-electron chi connectivity index (χ3n) is 3.79. The Morgan fingerprint density at radius 1 is 1.36 bits per heavy atom.